The number of nitrogens with zero attached hydrogens (tertiary/aromatic N) is 2. The summed E-state index contributed by atoms with van der Waals surface area (Å²) in [4.78, 5) is 17.5. The molecule has 0 saturated heterocycles. The Morgan fingerprint density at radius 1 is 1.40 bits per heavy atom. The van der Waals surface area contributed by atoms with Gasteiger partial charge in [-0.15, -0.1) is 0 Å². The molecule has 0 radical (unpaired) electrons. The summed E-state index contributed by atoms with van der Waals surface area (Å²) in [7, 11) is 0. The zero-order valence-electron chi connectivity index (χ0n) is 7.43. The first-order valence-electron chi connectivity index (χ1n) is 3.56. The quantitative estimate of drug-likeness (QED) is 0.313. The topological polar surface area (TPSA) is 95.5 Å². The van der Waals surface area contributed by atoms with Crippen molar-refractivity contribution in [1.29, 1.82) is 0 Å². The molecule has 7 nitrogen and oxygen atoms in total. The van der Waals surface area contributed by atoms with Gasteiger partial charge in [0.05, 0.1) is 4.83 Å². The zero-order chi connectivity index (χ0) is 12.2. The van der Waals surface area contributed by atoms with Crippen LogP contribution in [0.4, 0.5) is 4.39 Å². The summed E-state index contributed by atoms with van der Waals surface area (Å²) < 4.78 is 16.7. The largest absolute Gasteiger partial charge is 0.576 e. The molecule has 2 unspecified atom stereocenters. The number of hydrogen-bond acceptors (Lipinski definition) is 5. The minimum Gasteiger partial charge on any atom is -0.256 e. The Kier molecular flexibility index (Phi) is 5.53. The third-order valence-electron chi connectivity index (χ3n) is 1.45. The Hall–Kier alpha value is -0.350. The maximum atomic E-state index is 12.1. The molecule has 0 aliphatic heterocycles. The predicted octanol–water partition coefficient (Wildman–Crippen LogP) is 1.68. The lowest BCUT2D eigenvalue weighted by Crippen LogP contribution is -2.48. The van der Waals surface area contributed by atoms with Gasteiger partial charge in [-0.3, -0.25) is 20.2 Å². The predicted molar refractivity (Wildman–Crippen MR) is 54.9 cm³/mol. The minimum atomic E-state index is -2.80. The second-order valence-electron chi connectivity index (χ2n) is 2.59. The second-order valence-corrected chi connectivity index (χ2v) is 4.67. The molecule has 0 aliphatic carbocycles. The van der Waals surface area contributed by atoms with Gasteiger partial charge in [-0.25, -0.2) is 9.13 Å². The molecular formula is C5H7Br2FN2O5. The first-order chi connectivity index (χ1) is 6.75. The van der Waals surface area contributed by atoms with Gasteiger partial charge in [0, 0.05) is 0 Å². The van der Waals surface area contributed by atoms with E-state index < -0.39 is 32.2 Å². The first kappa shape index (κ1) is 14.6. The highest BCUT2D eigenvalue weighted by atomic mass is 79.9. The van der Waals surface area contributed by atoms with Crippen molar-refractivity contribution in [2.75, 3.05) is 6.67 Å². The molecule has 10 heteroatoms. The summed E-state index contributed by atoms with van der Waals surface area (Å²) in [6.07, 6.45) is 0. The highest BCUT2D eigenvalue weighted by Crippen LogP contribution is 2.23. The molecule has 0 aromatic carbocycles. The molecule has 0 aliphatic rings. The Bertz CT molecular complexity index is 252. The SMILES string of the molecule is CC(OC(Br)C(Br)CF)([N+](=O)[O-])[N+](=O)[O-]. The van der Waals surface area contributed by atoms with Crippen LogP contribution in [-0.4, -0.2) is 32.2 Å². The summed E-state index contributed by atoms with van der Waals surface area (Å²) in [6.45, 7) is -0.208. The molecule has 0 N–H and O–H groups in total. The zero-order valence-corrected chi connectivity index (χ0v) is 10.6. The van der Waals surface area contributed by atoms with Gasteiger partial charge in [-0.05, 0) is 0 Å². The lowest BCUT2D eigenvalue weighted by Gasteiger charge is -2.18. The molecule has 0 spiro atoms. The number of halogens is 3. The van der Waals surface area contributed by atoms with Gasteiger partial charge in [0.25, 0.3) is 0 Å². The molecule has 0 heterocycles. The third-order valence-corrected chi connectivity index (χ3v) is 3.70. The Morgan fingerprint density at radius 2 is 1.80 bits per heavy atom. The van der Waals surface area contributed by atoms with E-state index in [1.807, 2.05) is 0 Å². The Labute approximate surface area is 101 Å². The maximum Gasteiger partial charge on any atom is 0.576 e. The van der Waals surface area contributed by atoms with Crippen LogP contribution >= 0.6 is 31.9 Å². The van der Waals surface area contributed by atoms with Crippen molar-refractivity contribution in [1.82, 2.24) is 0 Å². The van der Waals surface area contributed by atoms with Crippen LogP contribution in [0, 0.1) is 20.2 Å². The van der Waals surface area contributed by atoms with Crippen LogP contribution in [0.2, 0.25) is 0 Å². The van der Waals surface area contributed by atoms with Crippen LogP contribution in [0.25, 0.3) is 0 Å². The van der Waals surface area contributed by atoms with Gasteiger partial charge in [-0.1, -0.05) is 31.9 Å². The lowest BCUT2D eigenvalue weighted by atomic mass is 10.4. The van der Waals surface area contributed by atoms with Crippen molar-refractivity contribution in [3.05, 3.63) is 20.2 Å². The molecule has 0 aromatic rings. The molecule has 0 aromatic heterocycles. The van der Waals surface area contributed by atoms with Crippen LogP contribution in [0.1, 0.15) is 6.92 Å². The molecule has 2 atom stereocenters. The average molecular weight is 354 g/mol. The fraction of sp³-hybridized carbons (Fsp3) is 1.00. The normalized spacial score (nSPS) is 15.7. The van der Waals surface area contributed by atoms with Crippen LogP contribution in [0.15, 0.2) is 0 Å². The van der Waals surface area contributed by atoms with Crippen molar-refractivity contribution < 1.29 is 19.0 Å². The molecule has 0 saturated carbocycles. The van der Waals surface area contributed by atoms with E-state index in [-0.39, 0.29) is 0 Å². The summed E-state index contributed by atoms with van der Waals surface area (Å²) in [5.74, 6) is -2.80. The van der Waals surface area contributed by atoms with Gasteiger partial charge in [-0.2, -0.15) is 0 Å². The van der Waals surface area contributed by atoms with Crippen molar-refractivity contribution in [3.63, 3.8) is 0 Å². The number of ether oxygens (including phenoxy) is 1. The van der Waals surface area contributed by atoms with Gasteiger partial charge in [0.1, 0.15) is 28.5 Å². The summed E-state index contributed by atoms with van der Waals surface area (Å²) in [5, 5.41) is 19.7. The van der Waals surface area contributed by atoms with Gasteiger partial charge in [0.2, 0.25) is 0 Å². The number of alkyl halides is 3. The molecule has 0 amide bonds. The number of nitro groups is 2. The van der Waals surface area contributed by atoms with Crippen molar-refractivity contribution >= 4 is 31.9 Å². The van der Waals surface area contributed by atoms with Crippen molar-refractivity contribution in [3.8, 4) is 0 Å². The van der Waals surface area contributed by atoms with Gasteiger partial charge >= 0.3 is 5.85 Å². The molecular weight excluding hydrogens is 347 g/mol. The summed E-state index contributed by atoms with van der Waals surface area (Å²) in [6, 6.07) is 0. The van der Waals surface area contributed by atoms with Gasteiger partial charge < -0.3 is 0 Å². The molecule has 0 rings (SSSR count). The first-order valence-corrected chi connectivity index (χ1v) is 5.39. The fourth-order valence-corrected chi connectivity index (χ4v) is 1.11. The fourth-order valence-electron chi connectivity index (χ4n) is 0.510. The molecule has 15 heavy (non-hydrogen) atoms. The number of rotatable bonds is 6. The van der Waals surface area contributed by atoms with Gasteiger partial charge in [0.15, 0.2) is 0 Å². The highest BCUT2D eigenvalue weighted by molar-refractivity contribution is 9.12. The van der Waals surface area contributed by atoms with E-state index in [0.717, 1.165) is 0 Å². The summed E-state index contributed by atoms with van der Waals surface area (Å²) in [5.41, 5.74) is 0. The number of hydrogen-bond donors (Lipinski definition) is 0. The molecule has 0 bridgehead atoms. The third kappa shape index (κ3) is 3.61. The average Bonchev–Trinajstić information content (AvgIpc) is 2.15. The van der Waals surface area contributed by atoms with Crippen LogP contribution in [0.5, 0.6) is 0 Å². The van der Waals surface area contributed by atoms with E-state index in [2.05, 4.69) is 36.6 Å². The minimum absolute atomic E-state index is 0.680. The molecule has 88 valence electrons. The van der Waals surface area contributed by atoms with Crippen LogP contribution in [0.3, 0.4) is 0 Å². The van der Waals surface area contributed by atoms with E-state index in [1.165, 1.54) is 0 Å². The van der Waals surface area contributed by atoms with Crippen LogP contribution < -0.4 is 0 Å². The second kappa shape index (κ2) is 5.66. The van der Waals surface area contributed by atoms with E-state index in [0.29, 0.717) is 6.92 Å². The van der Waals surface area contributed by atoms with E-state index in [9.17, 15) is 24.6 Å². The van der Waals surface area contributed by atoms with E-state index in [1.54, 1.807) is 0 Å². The maximum absolute atomic E-state index is 12.1. The van der Waals surface area contributed by atoms with Crippen molar-refractivity contribution in [2.45, 2.75) is 22.6 Å². The molecule has 0 fully saturated rings. The lowest BCUT2D eigenvalue weighted by molar-refractivity contribution is -0.846. The Balaban J connectivity index is 4.71. The highest BCUT2D eigenvalue weighted by Gasteiger charge is 2.55. The van der Waals surface area contributed by atoms with E-state index >= 15 is 0 Å². The standard InChI is InChI=1S/C5H7Br2FN2O5/c1-5(9(11)12,10(13)14)15-4(7)3(6)2-8/h3-4H,2H2,1H3. The van der Waals surface area contributed by atoms with Crippen LogP contribution in [-0.2, 0) is 4.74 Å². The Morgan fingerprint density at radius 3 is 2.07 bits per heavy atom. The van der Waals surface area contributed by atoms with E-state index in [4.69, 9.17) is 0 Å². The monoisotopic (exact) mass is 352 g/mol. The summed E-state index contributed by atoms with van der Waals surface area (Å²) >= 11 is 5.56. The smallest absolute Gasteiger partial charge is 0.256 e. The van der Waals surface area contributed by atoms with Crippen molar-refractivity contribution in [2.24, 2.45) is 0 Å².